The minimum Gasteiger partial charge on any atom is -0.490 e. The van der Waals surface area contributed by atoms with Gasteiger partial charge in [0.25, 0.3) is 15.9 Å². The molecule has 4 atom stereocenters. The van der Waals surface area contributed by atoms with Crippen molar-refractivity contribution in [3.8, 4) is 5.75 Å². The summed E-state index contributed by atoms with van der Waals surface area (Å²) in [4.78, 5) is 22.2. The van der Waals surface area contributed by atoms with Crippen molar-refractivity contribution < 1.29 is 27.8 Å². The van der Waals surface area contributed by atoms with E-state index in [9.17, 15) is 18.3 Å². The van der Waals surface area contributed by atoms with Crippen molar-refractivity contribution in [2.24, 2.45) is 5.92 Å². The Morgan fingerprint density at radius 1 is 1.18 bits per heavy atom. The first-order chi connectivity index (χ1) is 21.1. The van der Waals surface area contributed by atoms with Crippen molar-refractivity contribution >= 4 is 33.0 Å². The fourth-order valence-corrected chi connectivity index (χ4v) is 7.28. The van der Waals surface area contributed by atoms with Crippen LogP contribution in [0.3, 0.4) is 0 Å². The predicted molar refractivity (Wildman–Crippen MR) is 173 cm³/mol. The Kier molecular flexibility index (Phi) is 12.2. The number of carbonyl (C=O) groups is 1. The summed E-state index contributed by atoms with van der Waals surface area (Å²) in [6, 6.07) is 11.5. The Bertz CT molecular complexity index is 1440. The number of hydrogen-bond donors (Lipinski definition) is 2. The second kappa shape index (κ2) is 15.8. The lowest BCUT2D eigenvalue weighted by Gasteiger charge is -2.36. The number of ether oxygens (including phenoxy) is 2. The van der Waals surface area contributed by atoms with E-state index in [0.717, 1.165) is 42.7 Å². The van der Waals surface area contributed by atoms with E-state index >= 15 is 0 Å². The van der Waals surface area contributed by atoms with Crippen molar-refractivity contribution in [2.75, 3.05) is 38.1 Å². The molecule has 1 aliphatic heterocycles. The van der Waals surface area contributed by atoms with Crippen LogP contribution >= 0.6 is 11.3 Å². The summed E-state index contributed by atoms with van der Waals surface area (Å²) in [6.07, 6.45) is 5.76. The monoisotopic (exact) mass is 644 g/mol. The summed E-state index contributed by atoms with van der Waals surface area (Å²) >= 11 is 1.11. The highest BCUT2D eigenvalue weighted by Gasteiger charge is 2.30. The summed E-state index contributed by atoms with van der Waals surface area (Å²) in [5.74, 6) is -0.0374. The van der Waals surface area contributed by atoms with Gasteiger partial charge >= 0.3 is 0 Å². The van der Waals surface area contributed by atoms with E-state index in [1.165, 1.54) is 12.1 Å². The number of aliphatic hydroxyl groups excluding tert-OH is 1. The quantitative estimate of drug-likeness (QED) is 0.339. The second-order valence-electron chi connectivity index (χ2n) is 11.6. The Morgan fingerprint density at radius 2 is 1.95 bits per heavy atom. The number of thiophene rings is 1. The number of likely N-dealkylation sites (N-methyl/N-ethyl adjacent to an activating group) is 1. The topological polar surface area (TPSA) is 121 Å². The van der Waals surface area contributed by atoms with Crippen LogP contribution in [0.25, 0.3) is 0 Å². The van der Waals surface area contributed by atoms with Crippen molar-refractivity contribution in [3.05, 3.63) is 71.4 Å². The molecule has 0 bridgehead atoms. The highest BCUT2D eigenvalue weighted by atomic mass is 32.2. The number of aliphatic hydroxyl groups is 1. The fourth-order valence-electron chi connectivity index (χ4n) is 5.24. The number of amides is 1. The molecule has 240 valence electrons. The molecule has 4 rings (SSSR count). The molecule has 0 fully saturated rings. The molecule has 0 aliphatic carbocycles. The van der Waals surface area contributed by atoms with Crippen LogP contribution in [0.4, 0.5) is 5.69 Å². The lowest BCUT2D eigenvalue weighted by Crippen LogP contribution is -2.47. The van der Waals surface area contributed by atoms with Gasteiger partial charge in [-0.15, -0.1) is 11.3 Å². The van der Waals surface area contributed by atoms with Gasteiger partial charge in [0.15, 0.2) is 0 Å². The van der Waals surface area contributed by atoms with E-state index in [4.69, 9.17) is 9.47 Å². The Hall–Kier alpha value is -3.03. The molecule has 44 heavy (non-hydrogen) atoms. The molecule has 0 spiro atoms. The van der Waals surface area contributed by atoms with E-state index in [2.05, 4.69) is 28.6 Å². The van der Waals surface area contributed by atoms with E-state index < -0.39 is 16.1 Å². The number of benzene rings is 1. The number of nitrogens with zero attached hydrogens (tertiary/aromatic N) is 3. The lowest BCUT2D eigenvalue weighted by atomic mass is 10.0. The van der Waals surface area contributed by atoms with Crippen LogP contribution in [0.1, 0.15) is 56.0 Å². The van der Waals surface area contributed by atoms with Gasteiger partial charge < -0.3 is 19.5 Å². The SMILES string of the molecule is C[C@H]1CCCCO[C@H](CN(C)Cc2ccncc2)[C@@H](C)CN([C@@H](C)CO)C(=O)c2cc(NS(=O)(=O)c3cccs3)ccc2O1. The lowest BCUT2D eigenvalue weighted by molar-refractivity contribution is -0.0177. The molecule has 1 aromatic carbocycles. The third kappa shape index (κ3) is 9.24. The molecule has 0 unspecified atom stereocenters. The smallest absolute Gasteiger partial charge is 0.271 e. The average Bonchev–Trinajstić information content (AvgIpc) is 3.55. The number of aromatic nitrogens is 1. The minimum atomic E-state index is -3.82. The number of nitrogens with one attached hydrogen (secondary N) is 1. The summed E-state index contributed by atoms with van der Waals surface area (Å²) in [6.45, 7) is 7.90. The number of hydrogen-bond acceptors (Lipinski definition) is 9. The normalized spacial score (nSPS) is 21.3. The zero-order valence-electron chi connectivity index (χ0n) is 25.9. The Morgan fingerprint density at radius 3 is 2.66 bits per heavy atom. The maximum absolute atomic E-state index is 14.3. The molecule has 2 N–H and O–H groups in total. The third-order valence-corrected chi connectivity index (χ3v) is 10.5. The molecule has 2 aromatic heterocycles. The van der Waals surface area contributed by atoms with Gasteiger partial charge in [0.2, 0.25) is 0 Å². The molecular weight excluding hydrogens is 601 g/mol. The van der Waals surface area contributed by atoms with Gasteiger partial charge in [0.05, 0.1) is 30.4 Å². The van der Waals surface area contributed by atoms with E-state index in [-0.39, 0.29) is 46.1 Å². The molecule has 0 saturated carbocycles. The van der Waals surface area contributed by atoms with Gasteiger partial charge in [0.1, 0.15) is 9.96 Å². The first kappa shape index (κ1) is 33.9. The van der Waals surface area contributed by atoms with Gasteiger partial charge in [-0.3, -0.25) is 19.4 Å². The van der Waals surface area contributed by atoms with Crippen LogP contribution in [0, 0.1) is 5.92 Å². The van der Waals surface area contributed by atoms with Gasteiger partial charge in [0, 0.05) is 50.2 Å². The van der Waals surface area contributed by atoms with Crippen LogP contribution in [0.15, 0.2) is 64.4 Å². The maximum Gasteiger partial charge on any atom is 0.271 e. The molecule has 10 nitrogen and oxygen atoms in total. The van der Waals surface area contributed by atoms with Crippen LogP contribution in [-0.4, -0.2) is 85.8 Å². The van der Waals surface area contributed by atoms with Gasteiger partial charge in [-0.1, -0.05) is 13.0 Å². The predicted octanol–water partition coefficient (Wildman–Crippen LogP) is 4.87. The Balaban J connectivity index is 1.63. The average molecular weight is 645 g/mol. The first-order valence-electron chi connectivity index (χ1n) is 15.0. The molecule has 12 heteroatoms. The minimum absolute atomic E-state index is 0.0698. The summed E-state index contributed by atoms with van der Waals surface area (Å²) in [5, 5.41) is 11.9. The number of pyridine rings is 1. The summed E-state index contributed by atoms with van der Waals surface area (Å²) in [7, 11) is -1.77. The number of anilines is 1. The zero-order valence-corrected chi connectivity index (χ0v) is 27.5. The van der Waals surface area contributed by atoms with Crippen molar-refractivity contribution in [2.45, 2.75) is 69.0 Å². The molecule has 3 heterocycles. The third-order valence-electron chi connectivity index (χ3n) is 7.76. The van der Waals surface area contributed by atoms with Crippen molar-refractivity contribution in [1.82, 2.24) is 14.8 Å². The summed E-state index contributed by atoms with van der Waals surface area (Å²) in [5.41, 5.74) is 1.64. The van der Waals surface area contributed by atoms with Crippen LogP contribution in [0.5, 0.6) is 5.75 Å². The van der Waals surface area contributed by atoms with E-state index in [0.29, 0.717) is 25.4 Å². The molecule has 3 aromatic rings. The largest absolute Gasteiger partial charge is 0.490 e. The van der Waals surface area contributed by atoms with Crippen molar-refractivity contribution in [1.29, 1.82) is 0 Å². The highest BCUT2D eigenvalue weighted by Crippen LogP contribution is 2.30. The molecule has 0 radical (unpaired) electrons. The van der Waals surface area contributed by atoms with Gasteiger partial charge in [-0.2, -0.15) is 0 Å². The van der Waals surface area contributed by atoms with Gasteiger partial charge in [-0.05, 0) is 87.5 Å². The highest BCUT2D eigenvalue weighted by molar-refractivity contribution is 7.94. The standard InChI is InChI=1S/C32H44N4O6S2/c1-23-19-36(24(2)22-37)32(38)28-18-27(34-44(39,40)31-9-7-17-43-31)10-11-29(28)42-25(3)8-5-6-16-41-30(23)21-35(4)20-26-12-14-33-15-13-26/h7,9-15,17-18,23-25,30,34,37H,5-6,8,16,19-22H2,1-4H3/t23-,24-,25-,30+/m0/s1. The van der Waals surface area contributed by atoms with E-state index in [1.54, 1.807) is 47.8 Å². The van der Waals surface area contributed by atoms with Crippen LogP contribution < -0.4 is 9.46 Å². The van der Waals surface area contributed by atoms with Gasteiger partial charge in [-0.25, -0.2) is 8.42 Å². The van der Waals surface area contributed by atoms with Crippen LogP contribution in [0.2, 0.25) is 0 Å². The molecule has 1 amide bonds. The summed E-state index contributed by atoms with van der Waals surface area (Å²) < 4.78 is 41.4. The maximum atomic E-state index is 14.3. The number of carbonyl (C=O) groups excluding carboxylic acids is 1. The van der Waals surface area contributed by atoms with Crippen LogP contribution in [-0.2, 0) is 21.3 Å². The fraction of sp³-hybridized carbons (Fsp3) is 0.500. The number of fused-ring (bicyclic) bond motifs is 1. The second-order valence-corrected chi connectivity index (χ2v) is 14.5. The number of sulfonamides is 1. The molecule has 1 aliphatic rings. The zero-order chi connectivity index (χ0) is 31.7. The Labute approximate surface area is 265 Å². The van der Waals surface area contributed by atoms with E-state index in [1.807, 2.05) is 19.1 Å². The van der Waals surface area contributed by atoms with Crippen molar-refractivity contribution in [3.63, 3.8) is 0 Å². The molecule has 0 saturated heterocycles. The molecular formula is C32H44N4O6S2. The number of rotatable bonds is 9. The first-order valence-corrected chi connectivity index (χ1v) is 17.4.